The molecular formula is C23H28ClN3O. The number of piperazine rings is 1. The van der Waals surface area contributed by atoms with E-state index in [9.17, 15) is 4.79 Å². The zero-order chi connectivity index (χ0) is 19.8. The van der Waals surface area contributed by atoms with Crippen molar-refractivity contribution in [1.82, 2.24) is 9.80 Å². The number of carbonyl (C=O) groups excluding carboxylic acids is 1. The Balaban J connectivity index is 1.36. The summed E-state index contributed by atoms with van der Waals surface area (Å²) in [5.74, 6) is 0.214. The fraction of sp³-hybridized carbons (Fsp3) is 0.348. The number of anilines is 1. The smallest absolute Gasteiger partial charge is 0.224 e. The molecule has 28 heavy (non-hydrogen) atoms. The molecule has 3 rings (SSSR count). The largest absolute Gasteiger partial charge is 0.384 e. The summed E-state index contributed by atoms with van der Waals surface area (Å²) in [6.07, 6.45) is 4.85. The van der Waals surface area contributed by atoms with Crippen LogP contribution in [0, 0.1) is 6.92 Å². The molecule has 1 heterocycles. The number of aryl methyl sites for hydroxylation is 1. The maximum Gasteiger partial charge on any atom is 0.224 e. The van der Waals surface area contributed by atoms with Gasteiger partial charge in [-0.2, -0.15) is 0 Å². The van der Waals surface area contributed by atoms with Crippen LogP contribution >= 0.6 is 11.6 Å². The van der Waals surface area contributed by atoms with Gasteiger partial charge in [-0.3, -0.25) is 9.69 Å². The fourth-order valence-corrected chi connectivity index (χ4v) is 3.50. The SMILES string of the molecule is Cc1ccc(Cl)cc1NCCC(=O)N1CCN(C/C=C/c2ccccc2)CC1. The second-order valence-electron chi connectivity index (χ2n) is 7.13. The van der Waals surface area contributed by atoms with Gasteiger partial charge in [0.2, 0.25) is 5.91 Å². The van der Waals surface area contributed by atoms with E-state index in [1.54, 1.807) is 0 Å². The van der Waals surface area contributed by atoms with Gasteiger partial charge in [0, 0.05) is 56.4 Å². The van der Waals surface area contributed by atoms with Gasteiger partial charge in [-0.15, -0.1) is 0 Å². The van der Waals surface area contributed by atoms with Gasteiger partial charge in [-0.25, -0.2) is 0 Å². The van der Waals surface area contributed by atoms with Gasteiger partial charge in [0.05, 0.1) is 0 Å². The molecule has 1 N–H and O–H groups in total. The summed E-state index contributed by atoms with van der Waals surface area (Å²) in [6.45, 7) is 7.03. The number of amides is 1. The quantitative estimate of drug-likeness (QED) is 0.756. The van der Waals surface area contributed by atoms with Gasteiger partial charge < -0.3 is 10.2 Å². The topological polar surface area (TPSA) is 35.6 Å². The zero-order valence-electron chi connectivity index (χ0n) is 16.4. The molecule has 1 fully saturated rings. The third-order valence-corrected chi connectivity index (χ3v) is 5.29. The molecule has 0 bridgehead atoms. The van der Waals surface area contributed by atoms with Crippen molar-refractivity contribution in [3.05, 3.63) is 70.8 Å². The highest BCUT2D eigenvalue weighted by molar-refractivity contribution is 6.30. The van der Waals surface area contributed by atoms with E-state index >= 15 is 0 Å². The molecule has 0 aliphatic carbocycles. The van der Waals surface area contributed by atoms with E-state index in [1.165, 1.54) is 5.56 Å². The van der Waals surface area contributed by atoms with E-state index in [2.05, 4.69) is 34.5 Å². The maximum absolute atomic E-state index is 12.5. The van der Waals surface area contributed by atoms with Crippen molar-refractivity contribution < 1.29 is 4.79 Å². The number of hydrogen-bond acceptors (Lipinski definition) is 3. The summed E-state index contributed by atoms with van der Waals surface area (Å²) in [5.41, 5.74) is 3.35. The van der Waals surface area contributed by atoms with Crippen LogP contribution in [0.2, 0.25) is 5.02 Å². The van der Waals surface area contributed by atoms with Crippen molar-refractivity contribution in [1.29, 1.82) is 0 Å². The average Bonchev–Trinajstić information content (AvgIpc) is 2.72. The first-order valence-electron chi connectivity index (χ1n) is 9.83. The summed E-state index contributed by atoms with van der Waals surface area (Å²) in [5, 5.41) is 4.03. The molecule has 0 saturated carbocycles. The lowest BCUT2D eigenvalue weighted by Gasteiger charge is -2.34. The summed E-state index contributed by atoms with van der Waals surface area (Å²) < 4.78 is 0. The predicted molar refractivity (Wildman–Crippen MR) is 118 cm³/mol. The van der Waals surface area contributed by atoms with E-state index in [0.29, 0.717) is 18.0 Å². The van der Waals surface area contributed by atoms with Crippen LogP contribution in [0.1, 0.15) is 17.5 Å². The first kappa shape index (κ1) is 20.4. The van der Waals surface area contributed by atoms with E-state index in [0.717, 1.165) is 44.0 Å². The highest BCUT2D eigenvalue weighted by atomic mass is 35.5. The van der Waals surface area contributed by atoms with Crippen molar-refractivity contribution in [2.24, 2.45) is 0 Å². The van der Waals surface area contributed by atoms with Gasteiger partial charge in [0.25, 0.3) is 0 Å². The van der Waals surface area contributed by atoms with E-state index < -0.39 is 0 Å². The molecule has 4 nitrogen and oxygen atoms in total. The Bertz CT molecular complexity index is 799. The summed E-state index contributed by atoms with van der Waals surface area (Å²) in [7, 11) is 0. The van der Waals surface area contributed by atoms with Gasteiger partial charge in [0.1, 0.15) is 0 Å². The molecule has 1 saturated heterocycles. The van der Waals surface area contributed by atoms with Crippen LogP contribution in [0.3, 0.4) is 0 Å². The number of rotatable bonds is 7. The van der Waals surface area contributed by atoms with Gasteiger partial charge >= 0.3 is 0 Å². The highest BCUT2D eigenvalue weighted by Gasteiger charge is 2.19. The second-order valence-corrected chi connectivity index (χ2v) is 7.57. The maximum atomic E-state index is 12.5. The lowest BCUT2D eigenvalue weighted by molar-refractivity contribution is -0.132. The minimum Gasteiger partial charge on any atom is -0.384 e. The Kier molecular flexibility index (Phi) is 7.52. The third-order valence-electron chi connectivity index (χ3n) is 5.05. The number of halogens is 1. The van der Waals surface area contributed by atoms with Crippen molar-refractivity contribution in [3.8, 4) is 0 Å². The number of hydrogen-bond donors (Lipinski definition) is 1. The minimum atomic E-state index is 0.214. The lowest BCUT2D eigenvalue weighted by atomic mass is 10.2. The molecule has 1 aliphatic rings. The van der Waals surface area contributed by atoms with Crippen LogP contribution in [0.4, 0.5) is 5.69 Å². The number of carbonyl (C=O) groups is 1. The summed E-state index contributed by atoms with van der Waals surface area (Å²) in [6, 6.07) is 16.1. The fourth-order valence-electron chi connectivity index (χ4n) is 3.33. The van der Waals surface area contributed by atoms with Gasteiger partial charge in [-0.1, -0.05) is 60.2 Å². The van der Waals surface area contributed by atoms with Crippen LogP contribution in [0.5, 0.6) is 0 Å². The van der Waals surface area contributed by atoms with Crippen molar-refractivity contribution >= 4 is 29.3 Å². The Morgan fingerprint density at radius 1 is 1.11 bits per heavy atom. The normalized spacial score (nSPS) is 15.1. The minimum absolute atomic E-state index is 0.214. The molecule has 148 valence electrons. The highest BCUT2D eigenvalue weighted by Crippen LogP contribution is 2.20. The molecule has 1 aliphatic heterocycles. The standard InChI is InChI=1S/C23H28ClN3O/c1-19-9-10-21(24)18-22(19)25-12-11-23(28)27-16-14-26(15-17-27)13-5-8-20-6-3-2-4-7-20/h2-10,18,25H,11-17H2,1H3/b8-5+. The Hall–Kier alpha value is -2.30. The third kappa shape index (κ3) is 6.11. The molecule has 0 unspecified atom stereocenters. The number of nitrogens with one attached hydrogen (secondary N) is 1. The van der Waals surface area contributed by atoms with Crippen molar-refractivity contribution in [3.63, 3.8) is 0 Å². The Labute approximate surface area is 172 Å². The van der Waals surface area contributed by atoms with Crippen molar-refractivity contribution in [2.75, 3.05) is 44.6 Å². The summed E-state index contributed by atoms with van der Waals surface area (Å²) in [4.78, 5) is 16.8. The Morgan fingerprint density at radius 2 is 1.86 bits per heavy atom. The molecule has 2 aromatic rings. The Morgan fingerprint density at radius 3 is 2.61 bits per heavy atom. The van der Waals surface area contributed by atoms with Crippen molar-refractivity contribution in [2.45, 2.75) is 13.3 Å². The number of benzene rings is 2. The van der Waals surface area contributed by atoms with Crippen LogP contribution in [0.15, 0.2) is 54.6 Å². The molecule has 0 atom stereocenters. The van der Waals surface area contributed by atoms with Crippen LogP contribution in [0.25, 0.3) is 6.08 Å². The van der Waals surface area contributed by atoms with Gasteiger partial charge in [-0.05, 0) is 30.2 Å². The van der Waals surface area contributed by atoms with Crippen LogP contribution in [-0.2, 0) is 4.79 Å². The second kappa shape index (κ2) is 10.3. The molecule has 5 heteroatoms. The average molecular weight is 398 g/mol. The molecule has 0 spiro atoms. The van der Waals surface area contributed by atoms with E-state index in [4.69, 9.17) is 11.6 Å². The van der Waals surface area contributed by atoms with Gasteiger partial charge in [0.15, 0.2) is 0 Å². The van der Waals surface area contributed by atoms with E-state index in [-0.39, 0.29) is 5.91 Å². The number of nitrogens with zero attached hydrogens (tertiary/aromatic N) is 2. The summed E-state index contributed by atoms with van der Waals surface area (Å²) >= 11 is 6.04. The van der Waals surface area contributed by atoms with Crippen LogP contribution in [-0.4, -0.2) is 55.0 Å². The molecule has 0 radical (unpaired) electrons. The molecule has 0 aromatic heterocycles. The first-order valence-corrected chi connectivity index (χ1v) is 10.2. The molecule has 1 amide bonds. The van der Waals surface area contributed by atoms with Crippen LogP contribution < -0.4 is 5.32 Å². The predicted octanol–water partition coefficient (Wildman–Crippen LogP) is 4.31. The lowest BCUT2D eigenvalue weighted by Crippen LogP contribution is -2.48. The van der Waals surface area contributed by atoms with E-state index in [1.807, 2.05) is 48.2 Å². The molecular weight excluding hydrogens is 370 g/mol. The first-order chi connectivity index (χ1) is 13.6. The monoisotopic (exact) mass is 397 g/mol. The molecule has 2 aromatic carbocycles. The zero-order valence-corrected chi connectivity index (χ0v) is 17.2.